The van der Waals surface area contributed by atoms with Gasteiger partial charge in [0.05, 0.1) is 22.8 Å². The molecule has 0 aliphatic heterocycles. The lowest BCUT2D eigenvalue weighted by Crippen LogP contribution is -2.24. The molecule has 4 rings (SSSR count). The SMILES string of the molecule is CCc1nn2c(CNS(=O)(=O)c3ccc(F)c(F)c3)c(-c3ccccc3)nc2s1. The molecular weight excluding hydrogens is 418 g/mol. The summed E-state index contributed by atoms with van der Waals surface area (Å²) in [5.74, 6) is -2.33. The summed E-state index contributed by atoms with van der Waals surface area (Å²) in [7, 11) is -4.06. The normalized spacial score (nSPS) is 12.0. The maximum Gasteiger partial charge on any atom is 0.241 e. The van der Waals surface area contributed by atoms with Crippen LogP contribution >= 0.6 is 11.3 Å². The van der Waals surface area contributed by atoms with Crippen LogP contribution < -0.4 is 4.72 Å². The molecule has 2 aromatic carbocycles. The van der Waals surface area contributed by atoms with Gasteiger partial charge in [0.25, 0.3) is 0 Å². The Morgan fingerprint density at radius 1 is 1.10 bits per heavy atom. The lowest BCUT2D eigenvalue weighted by molar-refractivity contribution is 0.504. The Balaban J connectivity index is 1.72. The van der Waals surface area contributed by atoms with Crippen LogP contribution in [0.1, 0.15) is 17.6 Å². The summed E-state index contributed by atoms with van der Waals surface area (Å²) in [6.45, 7) is 1.86. The lowest BCUT2D eigenvalue weighted by atomic mass is 10.1. The van der Waals surface area contributed by atoms with Gasteiger partial charge in [0.1, 0.15) is 5.01 Å². The second-order valence-electron chi connectivity index (χ2n) is 6.22. The van der Waals surface area contributed by atoms with Crippen molar-refractivity contribution in [2.45, 2.75) is 24.8 Å². The Hall–Kier alpha value is -2.69. The average Bonchev–Trinajstić information content (AvgIpc) is 3.27. The van der Waals surface area contributed by atoms with E-state index in [9.17, 15) is 17.2 Å². The molecular formula is C19H16F2N4O2S2. The number of hydrogen-bond donors (Lipinski definition) is 1. The second kappa shape index (κ2) is 7.62. The number of nitrogens with one attached hydrogen (secondary N) is 1. The van der Waals surface area contributed by atoms with Gasteiger partial charge in [-0.05, 0) is 24.6 Å². The third kappa shape index (κ3) is 3.78. The molecule has 2 heterocycles. The van der Waals surface area contributed by atoms with Gasteiger partial charge in [-0.25, -0.2) is 31.4 Å². The third-order valence-electron chi connectivity index (χ3n) is 4.32. The van der Waals surface area contributed by atoms with Crippen molar-refractivity contribution in [3.63, 3.8) is 0 Å². The van der Waals surface area contributed by atoms with Crippen molar-refractivity contribution in [2.75, 3.05) is 0 Å². The van der Waals surface area contributed by atoms with E-state index in [1.54, 1.807) is 4.52 Å². The zero-order chi connectivity index (χ0) is 20.6. The highest BCUT2D eigenvalue weighted by Crippen LogP contribution is 2.27. The molecule has 0 aliphatic rings. The summed E-state index contributed by atoms with van der Waals surface area (Å²) in [5.41, 5.74) is 2.00. The highest BCUT2D eigenvalue weighted by molar-refractivity contribution is 7.89. The first-order valence-electron chi connectivity index (χ1n) is 8.76. The number of rotatable bonds is 6. The van der Waals surface area contributed by atoms with Crippen LogP contribution in [0, 0.1) is 11.6 Å². The van der Waals surface area contributed by atoms with Crippen molar-refractivity contribution in [1.29, 1.82) is 0 Å². The number of fused-ring (bicyclic) bond motifs is 1. The Morgan fingerprint density at radius 2 is 1.86 bits per heavy atom. The fraction of sp³-hybridized carbons (Fsp3) is 0.158. The number of aromatic nitrogens is 3. The van der Waals surface area contributed by atoms with E-state index in [4.69, 9.17) is 0 Å². The number of sulfonamides is 1. The molecule has 0 bridgehead atoms. The van der Waals surface area contributed by atoms with E-state index in [0.29, 0.717) is 22.4 Å². The van der Waals surface area contributed by atoms with E-state index in [2.05, 4.69) is 14.8 Å². The number of hydrogen-bond acceptors (Lipinski definition) is 5. The molecule has 0 unspecified atom stereocenters. The standard InChI is InChI=1S/C19H16F2N4O2S2/c1-2-17-24-25-16(18(23-19(25)28-17)12-6-4-3-5-7-12)11-22-29(26,27)13-8-9-14(20)15(21)10-13/h3-10,22H,2,11H2,1H3. The van der Waals surface area contributed by atoms with E-state index < -0.39 is 21.7 Å². The number of benzene rings is 2. The van der Waals surface area contributed by atoms with Gasteiger partial charge in [0.15, 0.2) is 11.6 Å². The predicted octanol–water partition coefficient (Wildman–Crippen LogP) is 3.78. The summed E-state index contributed by atoms with van der Waals surface area (Å²) in [5, 5.41) is 5.38. The Morgan fingerprint density at radius 3 is 2.55 bits per heavy atom. The highest BCUT2D eigenvalue weighted by atomic mass is 32.2. The largest absolute Gasteiger partial charge is 0.241 e. The van der Waals surface area contributed by atoms with Crippen LogP contribution in [0.4, 0.5) is 8.78 Å². The molecule has 0 spiro atoms. The molecule has 0 amide bonds. The molecule has 6 nitrogen and oxygen atoms in total. The van der Waals surface area contributed by atoms with Gasteiger partial charge < -0.3 is 0 Å². The molecule has 0 saturated heterocycles. The summed E-state index contributed by atoms with van der Waals surface area (Å²) < 4.78 is 55.8. The van der Waals surface area contributed by atoms with Crippen LogP contribution in [0.15, 0.2) is 53.4 Å². The Kier molecular flexibility index (Phi) is 5.15. The number of nitrogens with zero attached hydrogens (tertiary/aromatic N) is 3. The lowest BCUT2D eigenvalue weighted by Gasteiger charge is -2.08. The predicted molar refractivity (Wildman–Crippen MR) is 106 cm³/mol. The van der Waals surface area contributed by atoms with Gasteiger partial charge in [0.2, 0.25) is 15.0 Å². The monoisotopic (exact) mass is 434 g/mol. The highest BCUT2D eigenvalue weighted by Gasteiger charge is 2.21. The van der Waals surface area contributed by atoms with E-state index in [1.165, 1.54) is 11.3 Å². The summed E-state index contributed by atoms with van der Waals surface area (Å²) in [4.78, 5) is 4.92. The second-order valence-corrected chi connectivity index (χ2v) is 9.02. The molecule has 29 heavy (non-hydrogen) atoms. The molecule has 1 N–H and O–H groups in total. The molecule has 2 aromatic heterocycles. The van der Waals surface area contributed by atoms with Crippen molar-refractivity contribution in [3.8, 4) is 11.3 Å². The van der Waals surface area contributed by atoms with E-state index in [-0.39, 0.29) is 11.4 Å². The molecule has 150 valence electrons. The molecule has 0 aliphatic carbocycles. The minimum absolute atomic E-state index is 0.111. The molecule has 0 saturated carbocycles. The van der Waals surface area contributed by atoms with Crippen LogP contribution in [0.5, 0.6) is 0 Å². The van der Waals surface area contributed by atoms with Gasteiger partial charge in [0, 0.05) is 5.56 Å². The van der Waals surface area contributed by atoms with Crippen molar-refractivity contribution < 1.29 is 17.2 Å². The minimum atomic E-state index is -4.06. The minimum Gasteiger partial charge on any atom is -0.217 e. The molecule has 4 aromatic rings. The average molecular weight is 434 g/mol. The Bertz CT molecular complexity index is 1280. The first-order valence-corrected chi connectivity index (χ1v) is 11.1. The maximum absolute atomic E-state index is 13.5. The van der Waals surface area contributed by atoms with Crippen molar-refractivity contribution in [1.82, 2.24) is 19.3 Å². The van der Waals surface area contributed by atoms with Crippen LogP contribution in [0.3, 0.4) is 0 Å². The van der Waals surface area contributed by atoms with Gasteiger partial charge in [-0.15, -0.1) is 0 Å². The first kappa shape index (κ1) is 19.6. The van der Waals surface area contributed by atoms with Gasteiger partial charge in [-0.3, -0.25) is 0 Å². The van der Waals surface area contributed by atoms with Crippen LogP contribution in [-0.4, -0.2) is 23.0 Å². The van der Waals surface area contributed by atoms with Gasteiger partial charge >= 0.3 is 0 Å². The summed E-state index contributed by atoms with van der Waals surface area (Å²) >= 11 is 1.43. The van der Waals surface area contributed by atoms with Gasteiger partial charge in [-0.1, -0.05) is 48.6 Å². The zero-order valence-electron chi connectivity index (χ0n) is 15.3. The van der Waals surface area contributed by atoms with Crippen molar-refractivity contribution >= 4 is 26.3 Å². The number of aryl methyl sites for hydroxylation is 1. The molecule has 0 atom stereocenters. The quantitative estimate of drug-likeness (QED) is 0.501. The maximum atomic E-state index is 13.5. The van der Waals surface area contributed by atoms with E-state index >= 15 is 0 Å². The molecule has 0 radical (unpaired) electrons. The smallest absolute Gasteiger partial charge is 0.217 e. The Labute approximate surface area is 169 Å². The number of halogens is 2. The van der Waals surface area contributed by atoms with Crippen molar-refractivity contribution in [2.24, 2.45) is 0 Å². The van der Waals surface area contributed by atoms with Crippen molar-refractivity contribution in [3.05, 3.63) is 70.9 Å². The summed E-state index contributed by atoms with van der Waals surface area (Å²) in [6.07, 6.45) is 0.731. The van der Waals surface area contributed by atoms with Crippen LogP contribution in [0.2, 0.25) is 0 Å². The molecule has 0 fully saturated rings. The van der Waals surface area contributed by atoms with Gasteiger partial charge in [-0.2, -0.15) is 5.10 Å². The number of imidazole rings is 1. The molecule has 10 heteroatoms. The van der Waals surface area contributed by atoms with Crippen LogP contribution in [0.25, 0.3) is 16.2 Å². The first-order chi connectivity index (χ1) is 13.9. The zero-order valence-corrected chi connectivity index (χ0v) is 16.9. The van der Waals surface area contributed by atoms with Crippen LogP contribution in [-0.2, 0) is 23.0 Å². The fourth-order valence-corrected chi connectivity index (χ4v) is 4.70. The third-order valence-corrected chi connectivity index (χ3v) is 6.77. The topological polar surface area (TPSA) is 76.4 Å². The fourth-order valence-electron chi connectivity index (χ4n) is 2.85. The van der Waals surface area contributed by atoms with E-state index in [1.807, 2.05) is 37.3 Å². The van der Waals surface area contributed by atoms with E-state index in [0.717, 1.165) is 29.1 Å². The summed E-state index contributed by atoms with van der Waals surface area (Å²) in [6, 6.07) is 11.8.